The Bertz CT molecular complexity index is 562. The van der Waals surface area contributed by atoms with Gasteiger partial charge in [0.1, 0.15) is 10.6 Å². The summed E-state index contributed by atoms with van der Waals surface area (Å²) in [5, 5.41) is 4.56. The summed E-state index contributed by atoms with van der Waals surface area (Å²) in [5.41, 5.74) is 5.80. The molecule has 0 amide bonds. The Morgan fingerprint density at radius 2 is 2.05 bits per heavy atom. The molecule has 2 aromatic heterocycles. The van der Waals surface area contributed by atoms with Gasteiger partial charge in [-0.2, -0.15) is 4.98 Å². The average molecular weight is 278 g/mol. The molecule has 2 heterocycles. The summed E-state index contributed by atoms with van der Waals surface area (Å²) >= 11 is 1.70. The van der Waals surface area contributed by atoms with E-state index in [-0.39, 0.29) is 0 Å². The van der Waals surface area contributed by atoms with Crippen LogP contribution in [-0.4, -0.2) is 16.0 Å². The lowest BCUT2D eigenvalue weighted by molar-refractivity contribution is 0.539. The maximum atomic E-state index is 5.80. The number of thiophene rings is 1. The fraction of sp³-hybridized carbons (Fsp3) is 0.571. The first kappa shape index (κ1) is 14.1. The second-order valence-corrected chi connectivity index (χ2v) is 6.51. The van der Waals surface area contributed by atoms with Gasteiger partial charge in [0.25, 0.3) is 0 Å². The van der Waals surface area contributed by atoms with Gasteiger partial charge in [0.2, 0.25) is 5.95 Å². The molecule has 0 aliphatic carbocycles. The Labute approximate surface area is 118 Å². The van der Waals surface area contributed by atoms with Crippen molar-refractivity contribution in [1.29, 1.82) is 0 Å². The molecule has 3 N–H and O–H groups in total. The summed E-state index contributed by atoms with van der Waals surface area (Å²) in [7, 11) is 0. The lowest BCUT2D eigenvalue weighted by Crippen LogP contribution is -2.18. The van der Waals surface area contributed by atoms with E-state index in [1.807, 2.05) is 0 Å². The van der Waals surface area contributed by atoms with E-state index in [9.17, 15) is 0 Å². The van der Waals surface area contributed by atoms with Gasteiger partial charge in [-0.25, -0.2) is 4.98 Å². The standard InChI is InChI=1S/C14H22N4S/c1-5-10-7-11-12(16-9(4)6-8(2)3)17-14(15)18-13(11)19-10/h7-9H,5-6H2,1-4H3,(H3,15,16,17,18). The molecule has 0 aromatic carbocycles. The molecule has 0 aliphatic heterocycles. The molecule has 2 rings (SSSR count). The van der Waals surface area contributed by atoms with Crippen molar-refractivity contribution in [2.24, 2.45) is 5.92 Å². The van der Waals surface area contributed by atoms with Crippen LogP contribution in [0.2, 0.25) is 0 Å². The van der Waals surface area contributed by atoms with Gasteiger partial charge in [-0.1, -0.05) is 20.8 Å². The predicted octanol–water partition coefficient (Wildman–Crippen LogP) is 3.68. The van der Waals surface area contributed by atoms with E-state index in [4.69, 9.17) is 5.73 Å². The van der Waals surface area contributed by atoms with E-state index < -0.39 is 0 Å². The van der Waals surface area contributed by atoms with Crippen LogP contribution in [-0.2, 0) is 6.42 Å². The van der Waals surface area contributed by atoms with Crippen LogP contribution in [0.1, 0.15) is 39.0 Å². The number of nitrogens with two attached hydrogens (primary N) is 1. The number of nitrogen functional groups attached to an aromatic ring is 1. The van der Waals surface area contributed by atoms with Crippen molar-refractivity contribution in [1.82, 2.24) is 9.97 Å². The van der Waals surface area contributed by atoms with Crippen LogP contribution in [0.4, 0.5) is 11.8 Å². The van der Waals surface area contributed by atoms with Crippen LogP contribution in [0, 0.1) is 5.92 Å². The van der Waals surface area contributed by atoms with Crippen LogP contribution >= 0.6 is 11.3 Å². The molecule has 0 spiro atoms. The summed E-state index contributed by atoms with van der Waals surface area (Å²) in [4.78, 5) is 11.0. The molecule has 0 saturated carbocycles. The molecule has 1 atom stereocenters. The van der Waals surface area contributed by atoms with Gasteiger partial charge in [0.15, 0.2) is 0 Å². The van der Waals surface area contributed by atoms with Gasteiger partial charge in [0.05, 0.1) is 5.39 Å². The second-order valence-electron chi connectivity index (χ2n) is 5.39. The van der Waals surface area contributed by atoms with Gasteiger partial charge in [-0.15, -0.1) is 11.3 Å². The quantitative estimate of drug-likeness (QED) is 0.875. The minimum atomic E-state index is 0.344. The van der Waals surface area contributed by atoms with Crippen molar-refractivity contribution in [3.8, 4) is 0 Å². The second kappa shape index (κ2) is 5.74. The monoisotopic (exact) mass is 278 g/mol. The fourth-order valence-corrected chi connectivity index (χ4v) is 3.25. The first-order valence-electron chi connectivity index (χ1n) is 6.82. The van der Waals surface area contributed by atoms with Crippen LogP contribution in [0.25, 0.3) is 10.2 Å². The molecule has 0 radical (unpaired) electrons. The van der Waals surface area contributed by atoms with Crippen molar-refractivity contribution in [2.45, 2.75) is 46.6 Å². The highest BCUT2D eigenvalue weighted by Crippen LogP contribution is 2.30. The normalized spacial score (nSPS) is 13.1. The Hall–Kier alpha value is -1.36. The number of nitrogens with zero attached hydrogens (tertiary/aromatic N) is 2. The number of hydrogen-bond donors (Lipinski definition) is 2. The van der Waals surface area contributed by atoms with Gasteiger partial charge in [0, 0.05) is 10.9 Å². The largest absolute Gasteiger partial charge is 0.368 e. The first-order valence-corrected chi connectivity index (χ1v) is 7.63. The summed E-state index contributed by atoms with van der Waals surface area (Å²) in [6, 6.07) is 2.55. The smallest absolute Gasteiger partial charge is 0.223 e. The Balaban J connectivity index is 2.33. The molecule has 19 heavy (non-hydrogen) atoms. The number of aromatic nitrogens is 2. The molecular formula is C14H22N4S. The number of rotatable bonds is 5. The zero-order valence-corrected chi connectivity index (χ0v) is 12.8. The predicted molar refractivity (Wildman–Crippen MR) is 83.7 cm³/mol. The molecular weight excluding hydrogens is 256 g/mol. The Kier molecular flexibility index (Phi) is 4.24. The fourth-order valence-electron chi connectivity index (χ4n) is 2.27. The Morgan fingerprint density at radius 3 is 2.68 bits per heavy atom. The molecule has 4 nitrogen and oxygen atoms in total. The molecule has 104 valence electrons. The molecule has 1 unspecified atom stereocenters. The van der Waals surface area contributed by atoms with Crippen molar-refractivity contribution in [3.05, 3.63) is 10.9 Å². The molecule has 0 fully saturated rings. The van der Waals surface area contributed by atoms with E-state index in [2.05, 4.69) is 49.0 Å². The number of aryl methyl sites for hydroxylation is 1. The first-order chi connectivity index (χ1) is 8.99. The zero-order valence-electron chi connectivity index (χ0n) is 12.0. The van der Waals surface area contributed by atoms with Crippen LogP contribution < -0.4 is 11.1 Å². The average Bonchev–Trinajstić information content (AvgIpc) is 2.70. The summed E-state index contributed by atoms with van der Waals surface area (Å²) in [6.07, 6.45) is 2.12. The van der Waals surface area contributed by atoms with Gasteiger partial charge >= 0.3 is 0 Å². The van der Waals surface area contributed by atoms with E-state index in [0.717, 1.165) is 28.9 Å². The third kappa shape index (κ3) is 3.35. The highest BCUT2D eigenvalue weighted by atomic mass is 32.1. The third-order valence-corrected chi connectivity index (χ3v) is 4.19. The maximum Gasteiger partial charge on any atom is 0.223 e. The van der Waals surface area contributed by atoms with Crippen molar-refractivity contribution >= 4 is 33.3 Å². The molecule has 5 heteroatoms. The van der Waals surface area contributed by atoms with Gasteiger partial charge in [-0.3, -0.25) is 0 Å². The molecule has 2 aromatic rings. The lowest BCUT2D eigenvalue weighted by atomic mass is 10.1. The van der Waals surface area contributed by atoms with E-state index in [0.29, 0.717) is 17.9 Å². The van der Waals surface area contributed by atoms with Gasteiger partial charge in [-0.05, 0) is 31.7 Å². The highest BCUT2D eigenvalue weighted by molar-refractivity contribution is 7.18. The van der Waals surface area contributed by atoms with Gasteiger partial charge < -0.3 is 11.1 Å². The van der Waals surface area contributed by atoms with Crippen molar-refractivity contribution < 1.29 is 0 Å². The Morgan fingerprint density at radius 1 is 1.32 bits per heavy atom. The summed E-state index contributed by atoms with van der Waals surface area (Å²) in [5.74, 6) is 1.87. The highest BCUT2D eigenvalue weighted by Gasteiger charge is 2.13. The summed E-state index contributed by atoms with van der Waals surface area (Å²) in [6.45, 7) is 8.77. The van der Waals surface area contributed by atoms with Crippen LogP contribution in [0.15, 0.2) is 6.07 Å². The van der Waals surface area contributed by atoms with Crippen molar-refractivity contribution in [3.63, 3.8) is 0 Å². The number of nitrogens with one attached hydrogen (secondary N) is 1. The summed E-state index contributed by atoms with van der Waals surface area (Å²) < 4.78 is 0. The van der Waals surface area contributed by atoms with Crippen molar-refractivity contribution in [2.75, 3.05) is 11.1 Å². The minimum absolute atomic E-state index is 0.344. The molecule has 0 saturated heterocycles. The topological polar surface area (TPSA) is 63.8 Å². The van der Waals surface area contributed by atoms with E-state index in [1.165, 1.54) is 4.88 Å². The van der Waals surface area contributed by atoms with Crippen LogP contribution in [0.5, 0.6) is 0 Å². The van der Waals surface area contributed by atoms with E-state index in [1.54, 1.807) is 11.3 Å². The zero-order chi connectivity index (χ0) is 14.0. The minimum Gasteiger partial charge on any atom is -0.368 e. The maximum absolute atomic E-state index is 5.80. The SMILES string of the molecule is CCc1cc2c(NC(C)CC(C)C)nc(N)nc2s1. The van der Waals surface area contributed by atoms with E-state index >= 15 is 0 Å². The number of fused-ring (bicyclic) bond motifs is 1. The molecule has 0 aliphatic rings. The third-order valence-electron chi connectivity index (χ3n) is 3.02. The number of anilines is 2. The molecule has 0 bridgehead atoms. The number of hydrogen-bond acceptors (Lipinski definition) is 5. The van der Waals surface area contributed by atoms with Crippen LogP contribution in [0.3, 0.4) is 0 Å². The lowest BCUT2D eigenvalue weighted by Gasteiger charge is -2.17.